The molecule has 0 fully saturated rings. The van der Waals surface area contributed by atoms with Crippen molar-refractivity contribution in [2.75, 3.05) is 25.0 Å². The number of aromatic nitrogens is 3. The molecule has 1 aliphatic heterocycles. The highest BCUT2D eigenvalue weighted by Crippen LogP contribution is 2.37. The summed E-state index contributed by atoms with van der Waals surface area (Å²) in [6.07, 6.45) is 1.35. The highest BCUT2D eigenvalue weighted by molar-refractivity contribution is 7.99. The molecular weight excluding hydrogens is 324 g/mol. The third-order valence-corrected chi connectivity index (χ3v) is 3.80. The molecule has 1 amide bonds. The Balaban J connectivity index is 1.75. The molecule has 9 nitrogen and oxygen atoms in total. The molecule has 0 unspecified atom stereocenters. The zero-order chi connectivity index (χ0) is 16.2. The minimum Gasteiger partial charge on any atom is -0.465 e. The van der Waals surface area contributed by atoms with Gasteiger partial charge in [-0.3, -0.25) is 9.89 Å². The SMILES string of the molecule is COC(=O)c1cc2c(cc1NC(=O)CSc1ncn[nH]1)OCO2. The number of rotatable bonds is 5. The molecule has 0 saturated heterocycles. The lowest BCUT2D eigenvalue weighted by Gasteiger charge is -2.10. The van der Waals surface area contributed by atoms with Gasteiger partial charge in [0.1, 0.15) is 6.33 Å². The Kier molecular flexibility index (Phi) is 4.33. The molecule has 10 heteroatoms. The number of fused-ring (bicyclic) bond motifs is 1. The third kappa shape index (κ3) is 3.37. The number of methoxy groups -OCH3 is 1. The van der Waals surface area contributed by atoms with Gasteiger partial charge in [-0.25, -0.2) is 9.78 Å². The van der Waals surface area contributed by atoms with Crippen molar-refractivity contribution in [3.05, 3.63) is 24.0 Å². The molecule has 0 bridgehead atoms. The van der Waals surface area contributed by atoms with Crippen molar-refractivity contribution in [1.29, 1.82) is 0 Å². The quantitative estimate of drug-likeness (QED) is 0.615. The maximum atomic E-state index is 12.1. The normalized spacial score (nSPS) is 12.0. The molecule has 0 radical (unpaired) electrons. The number of benzene rings is 1. The van der Waals surface area contributed by atoms with E-state index in [1.165, 1.54) is 37.3 Å². The first kappa shape index (κ1) is 15.2. The van der Waals surface area contributed by atoms with E-state index in [-0.39, 0.29) is 24.0 Å². The maximum Gasteiger partial charge on any atom is 0.340 e. The fourth-order valence-corrected chi connectivity index (χ4v) is 2.49. The number of esters is 1. The number of thioether (sulfide) groups is 1. The third-order valence-electron chi connectivity index (χ3n) is 2.93. The fraction of sp³-hybridized carbons (Fsp3) is 0.231. The molecule has 23 heavy (non-hydrogen) atoms. The number of aromatic amines is 1. The van der Waals surface area contributed by atoms with Gasteiger partial charge < -0.3 is 19.5 Å². The van der Waals surface area contributed by atoms with Crippen LogP contribution in [0.15, 0.2) is 23.6 Å². The summed E-state index contributed by atoms with van der Waals surface area (Å²) in [5.74, 6) is 0.0942. The first-order chi connectivity index (χ1) is 11.2. The molecule has 2 N–H and O–H groups in total. The summed E-state index contributed by atoms with van der Waals surface area (Å²) >= 11 is 1.19. The summed E-state index contributed by atoms with van der Waals surface area (Å²) in [5.41, 5.74) is 0.485. The van der Waals surface area contributed by atoms with E-state index in [0.29, 0.717) is 22.3 Å². The van der Waals surface area contributed by atoms with Crippen LogP contribution in [-0.2, 0) is 9.53 Å². The van der Waals surface area contributed by atoms with Crippen LogP contribution in [0, 0.1) is 0 Å². The smallest absolute Gasteiger partial charge is 0.340 e. The zero-order valence-electron chi connectivity index (χ0n) is 12.0. The van der Waals surface area contributed by atoms with Crippen molar-refractivity contribution < 1.29 is 23.8 Å². The standard InChI is InChI=1S/C13H12N4O5S/c1-20-12(19)7-2-9-10(22-6-21-9)3-8(7)16-11(18)4-23-13-14-5-15-17-13/h2-3,5H,4,6H2,1H3,(H,16,18)(H,14,15,17). The zero-order valence-corrected chi connectivity index (χ0v) is 12.8. The monoisotopic (exact) mass is 336 g/mol. The number of hydrogen-bond acceptors (Lipinski definition) is 8. The first-order valence-electron chi connectivity index (χ1n) is 6.47. The Morgan fingerprint density at radius 3 is 2.87 bits per heavy atom. The second kappa shape index (κ2) is 6.57. The Morgan fingerprint density at radius 2 is 2.17 bits per heavy atom. The Bertz CT molecular complexity index is 734. The van der Waals surface area contributed by atoms with Crippen molar-refractivity contribution in [3.8, 4) is 11.5 Å². The molecule has 0 saturated carbocycles. The molecule has 3 rings (SSSR count). The van der Waals surface area contributed by atoms with Gasteiger partial charge in [-0.2, -0.15) is 5.10 Å². The van der Waals surface area contributed by atoms with Crippen molar-refractivity contribution in [2.45, 2.75) is 5.16 Å². The minimum atomic E-state index is -0.582. The predicted molar refractivity (Wildman–Crippen MR) is 79.6 cm³/mol. The van der Waals surface area contributed by atoms with Gasteiger partial charge in [-0.1, -0.05) is 11.8 Å². The van der Waals surface area contributed by atoms with Gasteiger partial charge in [-0.05, 0) is 0 Å². The van der Waals surface area contributed by atoms with Crippen molar-refractivity contribution in [1.82, 2.24) is 15.2 Å². The molecular formula is C13H12N4O5S. The number of nitrogens with zero attached hydrogens (tertiary/aromatic N) is 2. The summed E-state index contributed by atoms with van der Waals surface area (Å²) in [6, 6.07) is 3.01. The molecule has 1 aromatic heterocycles. The average molecular weight is 336 g/mol. The number of nitrogens with one attached hydrogen (secondary N) is 2. The van der Waals surface area contributed by atoms with Gasteiger partial charge in [-0.15, -0.1) is 0 Å². The van der Waals surface area contributed by atoms with Crippen LogP contribution < -0.4 is 14.8 Å². The average Bonchev–Trinajstić information content (AvgIpc) is 3.22. The van der Waals surface area contributed by atoms with E-state index >= 15 is 0 Å². The van der Waals surface area contributed by atoms with Gasteiger partial charge >= 0.3 is 5.97 Å². The van der Waals surface area contributed by atoms with Crippen LogP contribution >= 0.6 is 11.8 Å². The lowest BCUT2D eigenvalue weighted by atomic mass is 10.1. The molecule has 1 aliphatic rings. The molecule has 2 heterocycles. The van der Waals surface area contributed by atoms with Crippen LogP contribution in [0.5, 0.6) is 11.5 Å². The molecule has 1 aromatic carbocycles. The number of hydrogen-bond donors (Lipinski definition) is 2. The maximum absolute atomic E-state index is 12.1. The number of anilines is 1. The minimum absolute atomic E-state index is 0.0642. The van der Waals surface area contributed by atoms with Gasteiger partial charge in [0.25, 0.3) is 0 Å². The van der Waals surface area contributed by atoms with Crippen LogP contribution in [0.1, 0.15) is 10.4 Å². The van der Waals surface area contributed by atoms with E-state index in [1.807, 2.05) is 0 Å². The van der Waals surface area contributed by atoms with Gasteiger partial charge in [0.05, 0.1) is 24.1 Å². The summed E-state index contributed by atoms with van der Waals surface area (Å²) < 4.78 is 15.2. The summed E-state index contributed by atoms with van der Waals surface area (Å²) in [6.45, 7) is 0.0642. The van der Waals surface area contributed by atoms with Crippen LogP contribution in [0.4, 0.5) is 5.69 Å². The molecule has 0 atom stereocenters. The molecule has 120 valence electrons. The van der Waals surface area contributed by atoms with Crippen LogP contribution in [0.3, 0.4) is 0 Å². The highest BCUT2D eigenvalue weighted by atomic mass is 32.2. The van der Waals surface area contributed by atoms with Crippen molar-refractivity contribution in [3.63, 3.8) is 0 Å². The number of carbonyl (C=O) groups is 2. The highest BCUT2D eigenvalue weighted by Gasteiger charge is 2.22. The largest absolute Gasteiger partial charge is 0.465 e. The molecule has 2 aromatic rings. The van der Waals surface area contributed by atoms with Crippen molar-refractivity contribution >= 4 is 29.3 Å². The number of H-pyrrole nitrogens is 1. The van der Waals surface area contributed by atoms with Crippen molar-refractivity contribution in [2.24, 2.45) is 0 Å². The van der Waals surface area contributed by atoms with Gasteiger partial charge in [0, 0.05) is 12.1 Å². The Labute approximate surface area is 134 Å². The van der Waals surface area contributed by atoms with Crippen LogP contribution in [-0.4, -0.2) is 46.7 Å². The van der Waals surface area contributed by atoms with E-state index < -0.39 is 5.97 Å². The van der Waals surface area contributed by atoms with E-state index in [9.17, 15) is 9.59 Å². The summed E-state index contributed by atoms with van der Waals surface area (Å²) in [4.78, 5) is 27.8. The Hall–Kier alpha value is -2.75. The Morgan fingerprint density at radius 1 is 1.39 bits per heavy atom. The second-order valence-corrected chi connectivity index (χ2v) is 5.33. The van der Waals surface area contributed by atoms with Gasteiger partial charge in [0.15, 0.2) is 16.7 Å². The molecule has 0 spiro atoms. The van der Waals surface area contributed by atoms with Crippen LogP contribution in [0.2, 0.25) is 0 Å². The lowest BCUT2D eigenvalue weighted by molar-refractivity contribution is -0.113. The van der Waals surface area contributed by atoms with E-state index in [2.05, 4.69) is 20.5 Å². The topological polar surface area (TPSA) is 115 Å². The van der Waals surface area contributed by atoms with E-state index in [0.717, 1.165) is 0 Å². The fourth-order valence-electron chi connectivity index (χ4n) is 1.91. The summed E-state index contributed by atoms with van der Waals surface area (Å²) in [7, 11) is 1.26. The number of amides is 1. The van der Waals surface area contributed by atoms with Crippen LogP contribution in [0.25, 0.3) is 0 Å². The van der Waals surface area contributed by atoms with Gasteiger partial charge in [0.2, 0.25) is 12.7 Å². The number of ether oxygens (including phenoxy) is 3. The lowest BCUT2D eigenvalue weighted by Crippen LogP contribution is -2.17. The first-order valence-corrected chi connectivity index (χ1v) is 7.46. The summed E-state index contributed by atoms with van der Waals surface area (Å²) in [5, 5.41) is 9.52. The second-order valence-electron chi connectivity index (χ2n) is 4.37. The predicted octanol–water partition coefficient (Wildman–Crippen LogP) is 1.05. The van der Waals surface area contributed by atoms with E-state index in [4.69, 9.17) is 14.2 Å². The molecule has 0 aliphatic carbocycles. The van der Waals surface area contributed by atoms with E-state index in [1.54, 1.807) is 0 Å². The number of carbonyl (C=O) groups excluding carboxylic acids is 2.